The topological polar surface area (TPSA) is 123 Å². The van der Waals surface area contributed by atoms with E-state index in [1.807, 2.05) is 30.3 Å². The molecule has 0 spiro atoms. The molecule has 0 aliphatic rings. The maximum absolute atomic E-state index is 12.6. The maximum Gasteiger partial charge on any atom is 0.408 e. The van der Waals surface area contributed by atoms with Gasteiger partial charge in [0.1, 0.15) is 24.2 Å². The summed E-state index contributed by atoms with van der Waals surface area (Å²) in [6, 6.07) is 7.23. The molecular weight excluding hydrogens is 390 g/mol. The van der Waals surface area contributed by atoms with Gasteiger partial charge < -0.3 is 25.4 Å². The van der Waals surface area contributed by atoms with E-state index in [9.17, 15) is 19.2 Å². The number of rotatable bonds is 9. The molecule has 30 heavy (non-hydrogen) atoms. The first-order valence-electron chi connectivity index (χ1n) is 9.79. The molecule has 1 aromatic rings. The Labute approximate surface area is 176 Å². The molecule has 1 aromatic carbocycles. The van der Waals surface area contributed by atoms with Gasteiger partial charge in [0.25, 0.3) is 0 Å². The first kappa shape index (κ1) is 24.9. The smallest absolute Gasteiger partial charge is 0.408 e. The van der Waals surface area contributed by atoms with Crippen LogP contribution < -0.4 is 16.0 Å². The minimum atomic E-state index is -0.947. The molecule has 2 unspecified atom stereocenters. The van der Waals surface area contributed by atoms with Gasteiger partial charge in [-0.3, -0.25) is 14.4 Å². The van der Waals surface area contributed by atoms with Crippen LogP contribution in [0.5, 0.6) is 0 Å². The van der Waals surface area contributed by atoms with E-state index in [-0.39, 0.29) is 19.6 Å². The average Bonchev–Trinajstić information content (AvgIpc) is 2.65. The van der Waals surface area contributed by atoms with Crippen LogP contribution in [0.3, 0.4) is 0 Å². The first-order chi connectivity index (χ1) is 14.0. The van der Waals surface area contributed by atoms with Crippen LogP contribution >= 0.6 is 0 Å². The van der Waals surface area contributed by atoms with E-state index in [2.05, 4.69) is 16.0 Å². The van der Waals surface area contributed by atoms with E-state index in [1.54, 1.807) is 27.7 Å². The lowest BCUT2D eigenvalue weighted by Gasteiger charge is -2.23. The van der Waals surface area contributed by atoms with Crippen LogP contribution in [0.2, 0.25) is 0 Å². The molecule has 3 N–H and O–H groups in total. The van der Waals surface area contributed by atoms with Gasteiger partial charge in [0, 0.05) is 6.42 Å². The normalized spacial score (nSPS) is 12.8. The number of carbonyl (C=O) groups excluding carboxylic acids is 4. The van der Waals surface area contributed by atoms with Crippen LogP contribution in [0.4, 0.5) is 4.79 Å². The number of benzene rings is 1. The van der Waals surface area contributed by atoms with Crippen molar-refractivity contribution in [3.8, 4) is 0 Å². The Hall–Kier alpha value is -3.10. The van der Waals surface area contributed by atoms with Gasteiger partial charge in [-0.1, -0.05) is 30.3 Å². The van der Waals surface area contributed by atoms with Crippen molar-refractivity contribution in [3.63, 3.8) is 0 Å². The Balaban J connectivity index is 2.78. The molecule has 166 valence electrons. The standard InChI is InChI=1S/C21H31N3O6/c1-6-29-17(25)13-22-19(27)16(12-15-10-8-7-9-11-15)24-18(26)14(2)23-20(28)30-21(3,4)5/h7-11,14,16H,6,12-13H2,1-5H3,(H,22,27)(H,23,28)(H,24,26). The van der Waals surface area contributed by atoms with E-state index >= 15 is 0 Å². The number of carbonyl (C=O) groups is 4. The summed E-state index contributed by atoms with van der Waals surface area (Å²) in [4.78, 5) is 48.5. The SMILES string of the molecule is CCOC(=O)CNC(=O)C(Cc1ccccc1)NC(=O)C(C)NC(=O)OC(C)(C)C. The molecule has 9 nitrogen and oxygen atoms in total. The molecule has 2 atom stereocenters. The Morgan fingerprint density at radius 1 is 1.00 bits per heavy atom. The van der Waals surface area contributed by atoms with E-state index in [0.717, 1.165) is 5.56 Å². The molecule has 0 saturated heterocycles. The highest BCUT2D eigenvalue weighted by Crippen LogP contribution is 2.07. The molecule has 0 fully saturated rings. The lowest BCUT2D eigenvalue weighted by Crippen LogP contribution is -2.54. The fourth-order valence-corrected chi connectivity index (χ4v) is 2.40. The summed E-state index contributed by atoms with van der Waals surface area (Å²) < 4.78 is 9.92. The zero-order valence-electron chi connectivity index (χ0n) is 18.1. The van der Waals surface area contributed by atoms with Gasteiger partial charge in [0.05, 0.1) is 6.61 Å². The molecule has 0 saturated carbocycles. The summed E-state index contributed by atoms with van der Waals surface area (Å²) in [7, 11) is 0. The molecule has 9 heteroatoms. The average molecular weight is 421 g/mol. The van der Waals surface area contributed by atoms with Crippen LogP contribution in [-0.4, -0.2) is 54.7 Å². The van der Waals surface area contributed by atoms with Gasteiger partial charge in [-0.2, -0.15) is 0 Å². The van der Waals surface area contributed by atoms with Crippen molar-refractivity contribution in [1.29, 1.82) is 0 Å². The lowest BCUT2D eigenvalue weighted by atomic mass is 10.0. The molecule has 0 aromatic heterocycles. The predicted octanol–water partition coefficient (Wildman–Crippen LogP) is 1.31. The van der Waals surface area contributed by atoms with Crippen molar-refractivity contribution in [2.75, 3.05) is 13.2 Å². The second-order valence-electron chi connectivity index (χ2n) is 7.64. The van der Waals surface area contributed by atoms with Gasteiger partial charge >= 0.3 is 12.1 Å². The van der Waals surface area contributed by atoms with Crippen molar-refractivity contribution >= 4 is 23.9 Å². The molecule has 0 bridgehead atoms. The third-order valence-electron chi connectivity index (χ3n) is 3.75. The molecule has 3 amide bonds. The molecular formula is C21H31N3O6. The van der Waals surface area contributed by atoms with E-state index < -0.39 is 41.6 Å². The van der Waals surface area contributed by atoms with E-state index in [4.69, 9.17) is 9.47 Å². The largest absolute Gasteiger partial charge is 0.465 e. The van der Waals surface area contributed by atoms with Gasteiger partial charge in [-0.25, -0.2) is 4.79 Å². The zero-order chi connectivity index (χ0) is 22.7. The minimum absolute atomic E-state index is 0.201. The predicted molar refractivity (Wildman–Crippen MR) is 111 cm³/mol. The summed E-state index contributed by atoms with van der Waals surface area (Å²) in [5.74, 6) is -1.67. The van der Waals surface area contributed by atoms with Gasteiger partial charge in [0.2, 0.25) is 11.8 Å². The van der Waals surface area contributed by atoms with Gasteiger partial charge in [0.15, 0.2) is 0 Å². The molecule has 0 aliphatic carbocycles. The third-order valence-corrected chi connectivity index (χ3v) is 3.75. The summed E-state index contributed by atoms with van der Waals surface area (Å²) in [5.41, 5.74) is 0.116. The Bertz CT molecular complexity index is 730. The molecule has 1 rings (SSSR count). The van der Waals surface area contributed by atoms with Crippen molar-refractivity contribution in [2.45, 2.75) is 58.7 Å². The number of hydrogen-bond acceptors (Lipinski definition) is 6. The monoisotopic (exact) mass is 421 g/mol. The minimum Gasteiger partial charge on any atom is -0.465 e. The fraction of sp³-hybridized carbons (Fsp3) is 0.524. The van der Waals surface area contributed by atoms with Crippen LogP contribution in [0.25, 0.3) is 0 Å². The molecule has 0 aliphatic heterocycles. The third kappa shape index (κ3) is 9.90. The van der Waals surface area contributed by atoms with Crippen LogP contribution in [-0.2, 0) is 30.3 Å². The molecule has 0 radical (unpaired) electrons. The first-order valence-corrected chi connectivity index (χ1v) is 9.79. The van der Waals surface area contributed by atoms with Gasteiger partial charge in [-0.15, -0.1) is 0 Å². The molecule has 0 heterocycles. The summed E-state index contributed by atoms with van der Waals surface area (Å²) in [5, 5.41) is 7.51. The van der Waals surface area contributed by atoms with Crippen molar-refractivity contribution in [2.24, 2.45) is 0 Å². The number of nitrogens with one attached hydrogen (secondary N) is 3. The Kier molecular flexibility index (Phi) is 9.80. The van der Waals surface area contributed by atoms with Crippen molar-refractivity contribution in [1.82, 2.24) is 16.0 Å². The van der Waals surface area contributed by atoms with Crippen LogP contribution in [0, 0.1) is 0 Å². The highest BCUT2D eigenvalue weighted by Gasteiger charge is 2.26. The van der Waals surface area contributed by atoms with E-state index in [1.165, 1.54) is 6.92 Å². The number of ether oxygens (including phenoxy) is 2. The van der Waals surface area contributed by atoms with Crippen LogP contribution in [0.15, 0.2) is 30.3 Å². The second kappa shape index (κ2) is 11.8. The summed E-state index contributed by atoms with van der Waals surface area (Å²) >= 11 is 0. The highest BCUT2D eigenvalue weighted by atomic mass is 16.6. The fourth-order valence-electron chi connectivity index (χ4n) is 2.40. The lowest BCUT2D eigenvalue weighted by molar-refractivity contribution is -0.143. The number of amides is 3. The quantitative estimate of drug-likeness (QED) is 0.517. The Morgan fingerprint density at radius 3 is 2.20 bits per heavy atom. The highest BCUT2D eigenvalue weighted by molar-refractivity contribution is 5.92. The van der Waals surface area contributed by atoms with Crippen LogP contribution in [0.1, 0.15) is 40.2 Å². The Morgan fingerprint density at radius 2 is 1.63 bits per heavy atom. The zero-order valence-corrected chi connectivity index (χ0v) is 18.1. The summed E-state index contributed by atoms with van der Waals surface area (Å²) in [6.07, 6.45) is -0.531. The second-order valence-corrected chi connectivity index (χ2v) is 7.64. The van der Waals surface area contributed by atoms with Crippen molar-refractivity contribution in [3.05, 3.63) is 35.9 Å². The van der Waals surface area contributed by atoms with Crippen molar-refractivity contribution < 1.29 is 28.7 Å². The maximum atomic E-state index is 12.6. The number of alkyl carbamates (subject to hydrolysis) is 1. The van der Waals surface area contributed by atoms with Gasteiger partial charge in [-0.05, 0) is 40.2 Å². The summed E-state index contributed by atoms with van der Waals surface area (Å²) in [6.45, 7) is 8.17. The number of hydrogen-bond donors (Lipinski definition) is 3. The number of esters is 1. The van der Waals surface area contributed by atoms with E-state index in [0.29, 0.717) is 0 Å².